The van der Waals surface area contributed by atoms with E-state index in [9.17, 15) is 8.78 Å². The van der Waals surface area contributed by atoms with E-state index in [2.05, 4.69) is 15.3 Å². The maximum absolute atomic E-state index is 12.2. The molecule has 3 nitrogen and oxygen atoms in total. The number of anilines is 1. The standard InChI is InChI=1S/C15H22ClF2N3/c1-2-12-14(16)15(20-9-19-12)21-11-6-3-10(4-7-11)5-8-13(17)18/h9-11,13H,2-8H2,1H3,(H,19,20,21). The lowest BCUT2D eigenvalue weighted by Gasteiger charge is -2.29. The van der Waals surface area contributed by atoms with Gasteiger partial charge in [-0.25, -0.2) is 18.7 Å². The molecule has 1 aromatic rings. The summed E-state index contributed by atoms with van der Waals surface area (Å²) < 4.78 is 24.5. The zero-order chi connectivity index (χ0) is 15.2. The molecule has 2 rings (SSSR count). The molecule has 1 N–H and O–H groups in total. The fraction of sp³-hybridized carbons (Fsp3) is 0.733. The van der Waals surface area contributed by atoms with E-state index in [0.29, 0.717) is 29.2 Å². The molecule has 0 aromatic carbocycles. The Kier molecular flexibility index (Phi) is 6.15. The van der Waals surface area contributed by atoms with Gasteiger partial charge in [0, 0.05) is 12.5 Å². The van der Waals surface area contributed by atoms with Gasteiger partial charge in [-0.1, -0.05) is 18.5 Å². The smallest absolute Gasteiger partial charge is 0.238 e. The molecular weight excluding hydrogens is 296 g/mol. The van der Waals surface area contributed by atoms with Crippen LogP contribution in [-0.2, 0) is 6.42 Å². The first kappa shape index (κ1) is 16.4. The van der Waals surface area contributed by atoms with E-state index in [4.69, 9.17) is 11.6 Å². The maximum atomic E-state index is 12.2. The van der Waals surface area contributed by atoms with Crippen LogP contribution in [0.15, 0.2) is 6.33 Å². The van der Waals surface area contributed by atoms with Gasteiger partial charge in [-0.3, -0.25) is 0 Å². The van der Waals surface area contributed by atoms with Gasteiger partial charge in [0.2, 0.25) is 6.43 Å². The third kappa shape index (κ3) is 4.77. The van der Waals surface area contributed by atoms with Gasteiger partial charge in [0.15, 0.2) is 0 Å². The molecule has 0 unspecified atom stereocenters. The Morgan fingerprint density at radius 3 is 2.62 bits per heavy atom. The molecule has 1 aromatic heterocycles. The highest BCUT2D eigenvalue weighted by Crippen LogP contribution is 2.31. The van der Waals surface area contributed by atoms with Crippen molar-refractivity contribution in [3.63, 3.8) is 0 Å². The number of nitrogens with one attached hydrogen (secondary N) is 1. The number of nitrogens with zero attached hydrogens (tertiary/aromatic N) is 2. The lowest BCUT2D eigenvalue weighted by atomic mass is 9.83. The van der Waals surface area contributed by atoms with Crippen molar-refractivity contribution in [3.8, 4) is 0 Å². The molecule has 1 fully saturated rings. The van der Waals surface area contributed by atoms with E-state index in [0.717, 1.165) is 37.8 Å². The van der Waals surface area contributed by atoms with E-state index in [1.807, 2.05) is 6.92 Å². The SMILES string of the molecule is CCc1ncnc(NC2CCC(CCC(F)F)CC2)c1Cl. The van der Waals surface area contributed by atoms with Crippen molar-refractivity contribution < 1.29 is 8.78 Å². The highest BCUT2D eigenvalue weighted by atomic mass is 35.5. The van der Waals surface area contributed by atoms with E-state index < -0.39 is 6.43 Å². The molecule has 118 valence electrons. The summed E-state index contributed by atoms with van der Waals surface area (Å²) in [5, 5.41) is 3.98. The number of halogens is 3. The molecule has 1 heterocycles. The van der Waals surface area contributed by atoms with E-state index in [1.54, 1.807) is 0 Å². The van der Waals surface area contributed by atoms with Gasteiger partial charge >= 0.3 is 0 Å². The summed E-state index contributed by atoms with van der Waals surface area (Å²) in [5.74, 6) is 1.13. The zero-order valence-electron chi connectivity index (χ0n) is 12.3. The maximum Gasteiger partial charge on any atom is 0.238 e. The highest BCUT2D eigenvalue weighted by molar-refractivity contribution is 6.33. The first-order valence-corrected chi connectivity index (χ1v) is 8.02. The first-order chi connectivity index (χ1) is 10.1. The predicted octanol–water partition coefficient (Wildman–Crippen LogP) is 4.71. The molecule has 0 atom stereocenters. The Morgan fingerprint density at radius 1 is 1.29 bits per heavy atom. The molecular formula is C15H22ClF2N3. The van der Waals surface area contributed by atoms with Gasteiger partial charge in [-0.15, -0.1) is 0 Å². The second kappa shape index (κ2) is 7.87. The molecule has 0 bridgehead atoms. The van der Waals surface area contributed by atoms with Crippen molar-refractivity contribution in [1.82, 2.24) is 9.97 Å². The van der Waals surface area contributed by atoms with Gasteiger partial charge < -0.3 is 5.32 Å². The number of alkyl halides is 2. The van der Waals surface area contributed by atoms with E-state index in [1.165, 1.54) is 6.33 Å². The van der Waals surface area contributed by atoms with Crippen LogP contribution in [0.1, 0.15) is 51.1 Å². The highest BCUT2D eigenvalue weighted by Gasteiger charge is 2.23. The molecule has 0 spiro atoms. The largest absolute Gasteiger partial charge is 0.366 e. The van der Waals surface area contributed by atoms with Gasteiger partial charge in [-0.05, 0) is 44.4 Å². The van der Waals surface area contributed by atoms with Crippen LogP contribution < -0.4 is 5.32 Å². The summed E-state index contributed by atoms with van der Waals surface area (Å²) in [6.45, 7) is 2.01. The average molecular weight is 318 g/mol. The minimum atomic E-state index is -2.17. The lowest BCUT2D eigenvalue weighted by molar-refractivity contribution is 0.123. The van der Waals surface area contributed by atoms with Crippen LogP contribution in [0.25, 0.3) is 0 Å². The Hall–Kier alpha value is -0.970. The van der Waals surface area contributed by atoms with Gasteiger partial charge in [0.1, 0.15) is 17.2 Å². The Bertz CT molecular complexity index is 449. The summed E-state index contributed by atoms with van der Waals surface area (Å²) in [6, 6.07) is 0.324. The summed E-state index contributed by atoms with van der Waals surface area (Å²) in [4.78, 5) is 8.36. The van der Waals surface area contributed by atoms with Crippen molar-refractivity contribution in [3.05, 3.63) is 17.0 Å². The molecule has 1 aliphatic rings. The monoisotopic (exact) mass is 317 g/mol. The zero-order valence-corrected chi connectivity index (χ0v) is 13.0. The van der Waals surface area contributed by atoms with Crippen molar-refractivity contribution in [2.24, 2.45) is 5.92 Å². The number of hydrogen-bond donors (Lipinski definition) is 1. The van der Waals surface area contributed by atoms with E-state index in [-0.39, 0.29) is 6.42 Å². The normalized spacial score (nSPS) is 22.5. The van der Waals surface area contributed by atoms with Crippen LogP contribution in [-0.4, -0.2) is 22.4 Å². The Labute approximate surface area is 129 Å². The molecule has 0 amide bonds. The predicted molar refractivity (Wildman–Crippen MR) is 81.0 cm³/mol. The summed E-state index contributed by atoms with van der Waals surface area (Å²) in [6.07, 6.45) is 4.75. The summed E-state index contributed by atoms with van der Waals surface area (Å²) in [7, 11) is 0. The number of aryl methyl sites for hydroxylation is 1. The van der Waals surface area contributed by atoms with Crippen LogP contribution in [0.4, 0.5) is 14.6 Å². The third-order valence-corrected chi connectivity index (χ3v) is 4.57. The second-order valence-electron chi connectivity index (χ2n) is 5.67. The minimum Gasteiger partial charge on any atom is -0.366 e. The van der Waals surface area contributed by atoms with Crippen LogP contribution >= 0.6 is 11.6 Å². The van der Waals surface area contributed by atoms with Crippen molar-refractivity contribution in [1.29, 1.82) is 0 Å². The van der Waals surface area contributed by atoms with Gasteiger partial charge in [0.25, 0.3) is 0 Å². The Morgan fingerprint density at radius 2 is 2.00 bits per heavy atom. The topological polar surface area (TPSA) is 37.8 Å². The molecule has 0 saturated heterocycles. The Balaban J connectivity index is 1.83. The lowest BCUT2D eigenvalue weighted by Crippen LogP contribution is -2.27. The van der Waals surface area contributed by atoms with Crippen molar-refractivity contribution in [2.45, 2.75) is 64.3 Å². The van der Waals surface area contributed by atoms with Gasteiger partial charge in [-0.2, -0.15) is 0 Å². The van der Waals surface area contributed by atoms with Crippen LogP contribution in [0.5, 0.6) is 0 Å². The third-order valence-electron chi connectivity index (χ3n) is 4.18. The van der Waals surface area contributed by atoms with Gasteiger partial charge in [0.05, 0.1) is 5.69 Å². The molecule has 0 aliphatic heterocycles. The number of rotatable bonds is 6. The molecule has 21 heavy (non-hydrogen) atoms. The molecule has 1 aliphatic carbocycles. The van der Waals surface area contributed by atoms with Crippen molar-refractivity contribution in [2.75, 3.05) is 5.32 Å². The summed E-state index contributed by atoms with van der Waals surface area (Å²) in [5.41, 5.74) is 0.847. The van der Waals surface area contributed by atoms with Crippen LogP contribution in [0.2, 0.25) is 5.02 Å². The van der Waals surface area contributed by atoms with Crippen molar-refractivity contribution >= 4 is 17.4 Å². The quantitative estimate of drug-likeness (QED) is 0.825. The molecule has 6 heteroatoms. The number of aromatic nitrogens is 2. The first-order valence-electron chi connectivity index (χ1n) is 7.64. The van der Waals surface area contributed by atoms with E-state index >= 15 is 0 Å². The second-order valence-corrected chi connectivity index (χ2v) is 6.04. The van der Waals surface area contributed by atoms with Crippen LogP contribution in [0.3, 0.4) is 0 Å². The minimum absolute atomic E-state index is 0.0281. The van der Waals surface area contributed by atoms with Crippen LogP contribution in [0, 0.1) is 5.92 Å². The molecule has 1 saturated carbocycles. The fourth-order valence-corrected chi connectivity index (χ4v) is 3.19. The number of hydrogen-bond acceptors (Lipinski definition) is 3. The summed E-state index contributed by atoms with van der Waals surface area (Å²) >= 11 is 6.27. The molecule has 0 radical (unpaired) electrons. The fourth-order valence-electron chi connectivity index (χ4n) is 2.90. The average Bonchev–Trinajstić information content (AvgIpc) is 2.48.